The molecule has 0 saturated carbocycles. The molecule has 4 rings (SSSR count). The molecular formula is C22H22FN3O4. The van der Waals surface area contributed by atoms with E-state index < -0.39 is 0 Å². The van der Waals surface area contributed by atoms with Crippen LogP contribution in [0.3, 0.4) is 0 Å². The lowest BCUT2D eigenvalue weighted by atomic mass is 10.2. The van der Waals surface area contributed by atoms with Crippen LogP contribution in [-0.4, -0.2) is 42.1 Å². The summed E-state index contributed by atoms with van der Waals surface area (Å²) in [5.41, 5.74) is 2.05. The van der Waals surface area contributed by atoms with Crippen molar-refractivity contribution in [1.82, 2.24) is 9.88 Å². The van der Waals surface area contributed by atoms with Crippen LogP contribution in [0.1, 0.15) is 12.6 Å². The molecule has 30 heavy (non-hydrogen) atoms. The van der Waals surface area contributed by atoms with Gasteiger partial charge in [-0.2, -0.15) is 0 Å². The number of ether oxygens (including phenoxy) is 2. The zero-order chi connectivity index (χ0) is 20.9. The maximum atomic E-state index is 13.1. The largest absolute Gasteiger partial charge is 0.486 e. The summed E-state index contributed by atoms with van der Waals surface area (Å²) in [6, 6.07) is 11.3. The Balaban J connectivity index is 1.35. The van der Waals surface area contributed by atoms with Gasteiger partial charge in [-0.1, -0.05) is 6.92 Å². The van der Waals surface area contributed by atoms with Gasteiger partial charge in [0.25, 0.3) is 0 Å². The van der Waals surface area contributed by atoms with Crippen molar-refractivity contribution in [1.29, 1.82) is 0 Å². The number of aromatic nitrogens is 1. The Morgan fingerprint density at radius 2 is 1.90 bits per heavy atom. The number of oxazole rings is 1. The first-order valence-electron chi connectivity index (χ1n) is 9.73. The first kappa shape index (κ1) is 19.9. The molecule has 1 N–H and O–H groups in total. The number of hydrogen-bond acceptors (Lipinski definition) is 6. The van der Waals surface area contributed by atoms with Gasteiger partial charge in [0.1, 0.15) is 25.3 Å². The second kappa shape index (κ2) is 8.96. The molecule has 1 amide bonds. The number of anilines is 1. The summed E-state index contributed by atoms with van der Waals surface area (Å²) < 4.78 is 29.6. The quantitative estimate of drug-likeness (QED) is 0.639. The van der Waals surface area contributed by atoms with Crippen LogP contribution < -0.4 is 14.8 Å². The summed E-state index contributed by atoms with van der Waals surface area (Å²) in [4.78, 5) is 18.9. The van der Waals surface area contributed by atoms with Crippen molar-refractivity contribution in [2.75, 3.05) is 31.6 Å². The molecular weight excluding hydrogens is 389 g/mol. The number of carbonyl (C=O) groups is 1. The van der Waals surface area contributed by atoms with Crippen LogP contribution in [0.5, 0.6) is 11.5 Å². The topological polar surface area (TPSA) is 76.8 Å². The number of likely N-dealkylation sites (N-methyl/N-ethyl adjacent to an activating group) is 1. The van der Waals surface area contributed by atoms with Crippen LogP contribution in [0.15, 0.2) is 53.1 Å². The number of rotatable bonds is 7. The average Bonchev–Trinajstić information content (AvgIpc) is 3.22. The smallest absolute Gasteiger partial charge is 0.238 e. The Morgan fingerprint density at radius 3 is 2.67 bits per heavy atom. The van der Waals surface area contributed by atoms with Crippen molar-refractivity contribution in [3.8, 4) is 23.0 Å². The molecule has 7 nitrogen and oxygen atoms in total. The number of nitrogens with zero attached hydrogens (tertiary/aromatic N) is 2. The minimum atomic E-state index is -0.313. The fraction of sp³-hybridized carbons (Fsp3) is 0.273. The third-order valence-electron chi connectivity index (χ3n) is 4.67. The number of halogens is 1. The van der Waals surface area contributed by atoms with E-state index >= 15 is 0 Å². The lowest BCUT2D eigenvalue weighted by Crippen LogP contribution is -2.32. The number of hydrogen-bond donors (Lipinski definition) is 1. The van der Waals surface area contributed by atoms with Crippen LogP contribution in [0.4, 0.5) is 10.1 Å². The van der Waals surface area contributed by atoms with Crippen LogP contribution in [0.25, 0.3) is 11.5 Å². The Labute approximate surface area is 173 Å². The van der Waals surface area contributed by atoms with Crippen molar-refractivity contribution in [3.63, 3.8) is 0 Å². The molecule has 8 heteroatoms. The highest BCUT2D eigenvalue weighted by molar-refractivity contribution is 5.92. The fourth-order valence-corrected chi connectivity index (χ4v) is 3.14. The molecule has 0 bridgehead atoms. The van der Waals surface area contributed by atoms with E-state index in [4.69, 9.17) is 13.9 Å². The van der Waals surface area contributed by atoms with Crippen LogP contribution >= 0.6 is 0 Å². The average molecular weight is 411 g/mol. The molecule has 3 aromatic rings. The summed E-state index contributed by atoms with van der Waals surface area (Å²) in [5, 5.41) is 2.88. The van der Waals surface area contributed by atoms with Gasteiger partial charge < -0.3 is 19.2 Å². The number of benzene rings is 2. The van der Waals surface area contributed by atoms with Gasteiger partial charge in [-0.15, -0.1) is 0 Å². The fourth-order valence-electron chi connectivity index (χ4n) is 3.14. The predicted molar refractivity (Wildman–Crippen MR) is 109 cm³/mol. The summed E-state index contributed by atoms with van der Waals surface area (Å²) in [6.45, 7) is 4.30. The molecule has 0 unspecified atom stereocenters. The second-order valence-electron chi connectivity index (χ2n) is 6.86. The van der Waals surface area contributed by atoms with Gasteiger partial charge in [-0.3, -0.25) is 9.69 Å². The van der Waals surface area contributed by atoms with Crippen LogP contribution in [0.2, 0.25) is 0 Å². The number of nitrogens with one attached hydrogen (secondary N) is 1. The number of carbonyl (C=O) groups excluding carboxylic acids is 1. The maximum absolute atomic E-state index is 13.1. The summed E-state index contributed by atoms with van der Waals surface area (Å²) in [5.74, 6) is 1.27. The lowest BCUT2D eigenvalue weighted by molar-refractivity contribution is -0.117. The number of fused-ring (bicyclic) bond motifs is 1. The van der Waals surface area contributed by atoms with Gasteiger partial charge in [0, 0.05) is 23.9 Å². The minimum Gasteiger partial charge on any atom is -0.486 e. The second-order valence-corrected chi connectivity index (χ2v) is 6.86. The third kappa shape index (κ3) is 4.77. The number of amides is 1. The Kier molecular flexibility index (Phi) is 5.94. The van der Waals surface area contributed by atoms with E-state index in [-0.39, 0.29) is 18.3 Å². The molecule has 0 saturated heterocycles. The standard InChI is InChI=1S/C22H22FN3O4/c1-2-26(12-18-14-30-22(25-18)15-3-5-16(23)6-4-15)13-21(27)24-17-7-8-19-20(11-17)29-10-9-28-19/h3-8,11,14H,2,9-10,12-13H2,1H3,(H,24,27). The van der Waals surface area contributed by atoms with E-state index in [0.29, 0.717) is 60.6 Å². The molecule has 0 radical (unpaired) electrons. The van der Waals surface area contributed by atoms with E-state index in [9.17, 15) is 9.18 Å². The van der Waals surface area contributed by atoms with E-state index in [0.717, 1.165) is 0 Å². The normalized spacial score (nSPS) is 12.8. The van der Waals surface area contributed by atoms with E-state index in [1.54, 1.807) is 36.6 Å². The monoisotopic (exact) mass is 411 g/mol. The summed E-state index contributed by atoms with van der Waals surface area (Å²) in [7, 11) is 0. The highest BCUT2D eigenvalue weighted by Gasteiger charge is 2.16. The molecule has 0 atom stereocenters. The zero-order valence-electron chi connectivity index (χ0n) is 16.6. The van der Waals surface area contributed by atoms with Gasteiger partial charge in [-0.05, 0) is 42.9 Å². The molecule has 1 aliphatic heterocycles. The molecule has 0 spiro atoms. The van der Waals surface area contributed by atoms with Crippen molar-refractivity contribution in [2.24, 2.45) is 0 Å². The summed E-state index contributed by atoms with van der Waals surface area (Å²) in [6.07, 6.45) is 1.56. The minimum absolute atomic E-state index is 0.143. The molecule has 156 valence electrons. The predicted octanol–water partition coefficient (Wildman–Crippen LogP) is 3.71. The molecule has 1 aliphatic rings. The van der Waals surface area contributed by atoms with E-state index in [1.165, 1.54) is 12.1 Å². The summed E-state index contributed by atoms with van der Waals surface area (Å²) >= 11 is 0. The zero-order valence-corrected chi connectivity index (χ0v) is 16.6. The molecule has 1 aromatic heterocycles. The SMILES string of the molecule is CCN(CC(=O)Nc1ccc2c(c1)OCCO2)Cc1coc(-c2ccc(F)cc2)n1. The van der Waals surface area contributed by atoms with Gasteiger partial charge in [0.05, 0.1) is 12.2 Å². The molecule has 2 heterocycles. The Hall–Kier alpha value is -3.39. The highest BCUT2D eigenvalue weighted by atomic mass is 19.1. The van der Waals surface area contributed by atoms with Crippen molar-refractivity contribution >= 4 is 11.6 Å². The lowest BCUT2D eigenvalue weighted by Gasteiger charge is -2.20. The van der Waals surface area contributed by atoms with Crippen LogP contribution in [-0.2, 0) is 11.3 Å². The van der Waals surface area contributed by atoms with E-state index in [2.05, 4.69) is 10.3 Å². The molecule has 0 aliphatic carbocycles. The van der Waals surface area contributed by atoms with E-state index in [1.807, 2.05) is 11.8 Å². The molecule has 0 fully saturated rings. The first-order chi connectivity index (χ1) is 14.6. The van der Waals surface area contributed by atoms with Gasteiger partial charge in [-0.25, -0.2) is 9.37 Å². The Bertz CT molecular complexity index is 1020. The molecule has 2 aromatic carbocycles. The third-order valence-corrected chi connectivity index (χ3v) is 4.67. The van der Waals surface area contributed by atoms with Gasteiger partial charge >= 0.3 is 0 Å². The highest BCUT2D eigenvalue weighted by Crippen LogP contribution is 2.32. The first-order valence-corrected chi connectivity index (χ1v) is 9.73. The van der Waals surface area contributed by atoms with Gasteiger partial charge in [0.15, 0.2) is 11.5 Å². The van der Waals surface area contributed by atoms with Crippen molar-refractivity contribution in [3.05, 3.63) is 60.2 Å². The van der Waals surface area contributed by atoms with Gasteiger partial charge in [0.2, 0.25) is 11.8 Å². The van der Waals surface area contributed by atoms with Crippen molar-refractivity contribution < 1.29 is 23.1 Å². The van der Waals surface area contributed by atoms with Crippen LogP contribution in [0, 0.1) is 5.82 Å². The Morgan fingerprint density at radius 1 is 1.13 bits per heavy atom. The maximum Gasteiger partial charge on any atom is 0.238 e. The van der Waals surface area contributed by atoms with Crippen molar-refractivity contribution in [2.45, 2.75) is 13.5 Å².